The number of amides is 3. The van der Waals surface area contributed by atoms with Crippen LogP contribution in [0.3, 0.4) is 0 Å². The van der Waals surface area contributed by atoms with E-state index in [1.54, 1.807) is 42.3 Å². The quantitative estimate of drug-likeness (QED) is 0.228. The Hall–Kier alpha value is -3.17. The third-order valence-corrected chi connectivity index (χ3v) is 7.86. The topological polar surface area (TPSA) is 79.0 Å². The minimum absolute atomic E-state index is 0.177. The van der Waals surface area contributed by atoms with Crippen molar-refractivity contribution >= 4 is 63.0 Å². The molecule has 0 aliphatic carbocycles. The molecule has 194 valence electrons. The lowest BCUT2D eigenvalue weighted by Crippen LogP contribution is -2.35. The molecule has 0 bridgehead atoms. The van der Waals surface area contributed by atoms with Gasteiger partial charge in [0.2, 0.25) is 5.91 Å². The number of hydrogen-bond acceptors (Lipinski definition) is 6. The van der Waals surface area contributed by atoms with Gasteiger partial charge < -0.3 is 10.1 Å². The summed E-state index contributed by atoms with van der Waals surface area (Å²) in [5.74, 6) is -0.261. The average Bonchev–Trinajstić information content (AvgIpc) is 3.33. The number of ether oxygens (including phenoxy) is 1. The summed E-state index contributed by atoms with van der Waals surface area (Å²) in [5.41, 5.74) is 2.16. The lowest BCUT2D eigenvalue weighted by molar-refractivity contribution is -0.122. The predicted octanol–water partition coefficient (Wildman–Crippen LogP) is 5.61. The van der Waals surface area contributed by atoms with E-state index in [1.165, 1.54) is 35.9 Å². The molecule has 2 aliphatic rings. The van der Waals surface area contributed by atoms with Gasteiger partial charge in [0.1, 0.15) is 16.6 Å². The molecule has 0 saturated carbocycles. The summed E-state index contributed by atoms with van der Waals surface area (Å²) in [6, 6.07) is 14.2. The Bertz CT molecular complexity index is 1230. The Labute approximate surface area is 227 Å². The van der Waals surface area contributed by atoms with E-state index in [4.69, 9.17) is 17.0 Å². The second-order valence-corrected chi connectivity index (χ2v) is 10.6. The number of hydrogen-bond donors (Lipinski definition) is 1. The van der Waals surface area contributed by atoms with Crippen molar-refractivity contribution in [2.24, 2.45) is 0 Å². The summed E-state index contributed by atoms with van der Waals surface area (Å²) in [5, 5.41) is 2.81. The lowest BCUT2D eigenvalue weighted by atomic mass is 10.1. The van der Waals surface area contributed by atoms with Gasteiger partial charge >= 0.3 is 0 Å². The van der Waals surface area contributed by atoms with Crippen LogP contribution >= 0.6 is 24.0 Å². The maximum Gasteiger partial charge on any atom is 0.267 e. The Morgan fingerprint density at radius 2 is 1.65 bits per heavy atom. The number of unbranched alkanes of at least 4 members (excludes halogenated alkanes) is 5. The maximum absolute atomic E-state index is 13.6. The van der Waals surface area contributed by atoms with Crippen molar-refractivity contribution in [2.75, 3.05) is 30.4 Å². The van der Waals surface area contributed by atoms with Crippen LogP contribution in [0.25, 0.3) is 5.57 Å². The van der Waals surface area contributed by atoms with Crippen molar-refractivity contribution in [1.29, 1.82) is 0 Å². The Morgan fingerprint density at radius 3 is 2.38 bits per heavy atom. The highest BCUT2D eigenvalue weighted by molar-refractivity contribution is 8.26. The van der Waals surface area contributed by atoms with Gasteiger partial charge in [-0.05, 0) is 36.8 Å². The SMILES string of the molecule is CCCCCCCCN1C(=O)/C(=C2/C(=O)N(CC(=O)Nc3ccc(OC)cc3)c3ccccc32)SC1=S. The number of carbonyl (C=O) groups excluding carboxylic acids is 3. The van der Waals surface area contributed by atoms with Crippen molar-refractivity contribution in [1.82, 2.24) is 4.90 Å². The fourth-order valence-corrected chi connectivity index (χ4v) is 5.85. The molecule has 0 atom stereocenters. The van der Waals surface area contributed by atoms with E-state index in [9.17, 15) is 14.4 Å². The zero-order valence-corrected chi connectivity index (χ0v) is 22.8. The molecular formula is C28H31N3O4S2. The van der Waals surface area contributed by atoms with Gasteiger partial charge in [0.05, 0.1) is 23.3 Å². The van der Waals surface area contributed by atoms with Crippen LogP contribution in [0.5, 0.6) is 5.75 Å². The molecule has 0 unspecified atom stereocenters. The number of nitrogens with zero attached hydrogens (tertiary/aromatic N) is 2. The van der Waals surface area contributed by atoms with Crippen LogP contribution in [-0.4, -0.2) is 47.1 Å². The summed E-state index contributed by atoms with van der Waals surface area (Å²) in [6.07, 6.45) is 6.68. The molecule has 37 heavy (non-hydrogen) atoms. The zero-order valence-electron chi connectivity index (χ0n) is 21.1. The summed E-state index contributed by atoms with van der Waals surface area (Å²) >= 11 is 6.69. The van der Waals surface area contributed by atoms with Gasteiger partial charge in [-0.25, -0.2) is 0 Å². The summed E-state index contributed by atoms with van der Waals surface area (Å²) in [6.45, 7) is 2.56. The molecule has 3 amide bonds. The summed E-state index contributed by atoms with van der Waals surface area (Å²) in [4.78, 5) is 43.1. The van der Waals surface area contributed by atoms with Gasteiger partial charge in [0.15, 0.2) is 0 Å². The van der Waals surface area contributed by atoms with E-state index in [1.807, 2.05) is 18.2 Å². The van der Waals surface area contributed by atoms with Gasteiger partial charge in [0.25, 0.3) is 11.8 Å². The molecule has 1 saturated heterocycles. The van der Waals surface area contributed by atoms with Gasteiger partial charge in [-0.1, -0.05) is 81.2 Å². The van der Waals surface area contributed by atoms with Crippen LogP contribution in [0.2, 0.25) is 0 Å². The average molecular weight is 538 g/mol. The van der Waals surface area contributed by atoms with Crippen LogP contribution in [0.15, 0.2) is 53.4 Å². The minimum atomic E-state index is -0.369. The van der Waals surface area contributed by atoms with Gasteiger partial charge in [0, 0.05) is 17.8 Å². The smallest absolute Gasteiger partial charge is 0.267 e. The van der Waals surface area contributed by atoms with Gasteiger partial charge in [-0.15, -0.1) is 0 Å². The molecule has 0 spiro atoms. The summed E-state index contributed by atoms with van der Waals surface area (Å²) in [7, 11) is 1.57. The molecule has 2 aromatic rings. The van der Waals surface area contributed by atoms with E-state index in [0.717, 1.165) is 19.3 Å². The monoisotopic (exact) mass is 537 g/mol. The van der Waals surface area contributed by atoms with E-state index in [0.29, 0.717) is 44.0 Å². The molecule has 9 heteroatoms. The zero-order chi connectivity index (χ0) is 26.4. The van der Waals surface area contributed by atoms with E-state index >= 15 is 0 Å². The number of rotatable bonds is 11. The molecule has 1 fully saturated rings. The highest BCUT2D eigenvalue weighted by Gasteiger charge is 2.42. The maximum atomic E-state index is 13.6. The first-order valence-electron chi connectivity index (χ1n) is 12.6. The normalized spacial score (nSPS) is 17.0. The molecule has 1 N–H and O–H groups in total. The second-order valence-electron chi connectivity index (χ2n) is 8.98. The fourth-order valence-electron chi connectivity index (χ4n) is 4.47. The van der Waals surface area contributed by atoms with E-state index < -0.39 is 0 Å². The van der Waals surface area contributed by atoms with Crippen molar-refractivity contribution in [2.45, 2.75) is 45.4 Å². The summed E-state index contributed by atoms with van der Waals surface area (Å²) < 4.78 is 5.62. The van der Waals surface area contributed by atoms with Crippen LogP contribution in [-0.2, 0) is 14.4 Å². The minimum Gasteiger partial charge on any atom is -0.497 e. The van der Waals surface area contributed by atoms with Crippen LogP contribution in [0.1, 0.15) is 51.0 Å². The van der Waals surface area contributed by atoms with Crippen molar-refractivity contribution in [3.63, 3.8) is 0 Å². The van der Waals surface area contributed by atoms with Crippen molar-refractivity contribution in [3.8, 4) is 5.75 Å². The first kappa shape index (κ1) is 26.9. The lowest BCUT2D eigenvalue weighted by Gasteiger charge is -2.17. The number of methoxy groups -OCH3 is 1. The predicted molar refractivity (Wildman–Crippen MR) is 153 cm³/mol. The Morgan fingerprint density at radius 1 is 0.946 bits per heavy atom. The highest BCUT2D eigenvalue weighted by Crippen LogP contribution is 2.44. The number of carbonyl (C=O) groups is 3. The van der Waals surface area contributed by atoms with E-state index in [2.05, 4.69) is 12.2 Å². The number of thiocarbonyl (C=S) groups is 1. The molecular weight excluding hydrogens is 506 g/mol. The van der Waals surface area contributed by atoms with E-state index in [-0.39, 0.29) is 24.3 Å². The number of thioether (sulfide) groups is 1. The molecule has 0 aromatic heterocycles. The third-order valence-electron chi connectivity index (χ3n) is 6.41. The van der Waals surface area contributed by atoms with Crippen LogP contribution < -0.4 is 15.0 Å². The van der Waals surface area contributed by atoms with Crippen LogP contribution in [0.4, 0.5) is 11.4 Å². The Balaban J connectivity index is 1.49. The molecule has 2 aromatic carbocycles. The standard InChI is InChI=1S/C28H31N3O4S2/c1-3-4-5-6-7-10-17-30-27(34)25(37-28(30)36)24-21-11-8-9-12-22(21)31(26(24)33)18-23(32)29-19-13-15-20(35-2)16-14-19/h8-9,11-16H,3-7,10,17-18H2,1-2H3,(H,29,32)/b25-24-. The highest BCUT2D eigenvalue weighted by atomic mass is 32.2. The fraction of sp³-hybridized carbons (Fsp3) is 0.357. The second kappa shape index (κ2) is 12.4. The molecule has 7 nitrogen and oxygen atoms in total. The van der Waals surface area contributed by atoms with Gasteiger partial charge in [-0.2, -0.15) is 0 Å². The number of nitrogens with one attached hydrogen (secondary N) is 1. The number of para-hydroxylation sites is 1. The number of benzene rings is 2. The first-order valence-corrected chi connectivity index (χ1v) is 13.8. The molecule has 2 aliphatic heterocycles. The number of anilines is 2. The molecule has 2 heterocycles. The van der Waals surface area contributed by atoms with Gasteiger partial charge in [-0.3, -0.25) is 24.2 Å². The Kier molecular flexibility index (Phi) is 9.00. The first-order chi connectivity index (χ1) is 17.9. The molecule has 4 rings (SSSR count). The van der Waals surface area contributed by atoms with Crippen LogP contribution in [0, 0.1) is 0 Å². The largest absolute Gasteiger partial charge is 0.497 e. The van der Waals surface area contributed by atoms with Crippen molar-refractivity contribution in [3.05, 3.63) is 59.0 Å². The third kappa shape index (κ3) is 6.05. The molecule has 0 radical (unpaired) electrons. The number of fused-ring (bicyclic) bond motifs is 1. The van der Waals surface area contributed by atoms with Crippen molar-refractivity contribution < 1.29 is 19.1 Å².